The number of nitrogens with two attached hydrogens (primary N) is 1. The molecule has 1 saturated carbocycles. The van der Waals surface area contributed by atoms with Crippen molar-refractivity contribution in [3.8, 4) is 0 Å². The van der Waals surface area contributed by atoms with E-state index in [-0.39, 0.29) is 5.91 Å². The molecule has 0 spiro atoms. The maximum atomic E-state index is 12.9. The van der Waals surface area contributed by atoms with Crippen LogP contribution in [0, 0.1) is 6.92 Å². The zero-order valence-electron chi connectivity index (χ0n) is 17.1. The van der Waals surface area contributed by atoms with Crippen LogP contribution < -0.4 is 11.1 Å². The molecule has 31 heavy (non-hydrogen) atoms. The number of carbonyl (C=O) groups excluding carboxylic acids is 1. The fraction of sp³-hybridized carbons (Fsp3) is 0.167. The first-order chi connectivity index (χ1) is 15.1. The topological polar surface area (TPSA) is 97.7 Å². The predicted octanol–water partition coefficient (Wildman–Crippen LogP) is 4.20. The zero-order chi connectivity index (χ0) is 21.4. The van der Waals surface area contributed by atoms with Gasteiger partial charge in [0.2, 0.25) is 0 Å². The van der Waals surface area contributed by atoms with E-state index in [1.807, 2.05) is 61.7 Å². The van der Waals surface area contributed by atoms with Gasteiger partial charge in [-0.05, 0) is 67.1 Å². The highest BCUT2D eigenvalue weighted by Gasteiger charge is 2.23. The van der Waals surface area contributed by atoms with Crippen LogP contribution in [0.25, 0.3) is 5.65 Å². The molecule has 0 unspecified atom stereocenters. The number of nitrogens with zero attached hydrogens (tertiary/aromatic N) is 4. The van der Waals surface area contributed by atoms with Gasteiger partial charge in [0.1, 0.15) is 17.2 Å². The van der Waals surface area contributed by atoms with Gasteiger partial charge in [0.25, 0.3) is 5.91 Å². The summed E-state index contributed by atoms with van der Waals surface area (Å²) in [4.78, 5) is 26.0. The molecule has 1 aliphatic rings. The minimum absolute atomic E-state index is 0.242. The van der Waals surface area contributed by atoms with Crippen molar-refractivity contribution >= 4 is 28.9 Å². The standard InChI is InChI=1S/C24H22N6O/c1-15-5-6-18(23(25)29-21-13-17(9-10-26-21)16-7-8-16)12-19(15)28-24(31)20-14-27-22-4-2-3-11-30(20)22/h2-6,9-14,16H,7-8H2,1H3,(H,28,31)(H2,25,26,29). The number of hydrogen-bond acceptors (Lipinski definition) is 4. The Morgan fingerprint density at radius 1 is 1.16 bits per heavy atom. The van der Waals surface area contributed by atoms with Crippen LogP contribution in [0.1, 0.15) is 45.9 Å². The molecule has 3 aromatic heterocycles. The number of pyridine rings is 2. The Hall–Kier alpha value is -4.00. The number of aryl methyl sites for hydroxylation is 1. The first-order valence-corrected chi connectivity index (χ1v) is 10.2. The first-order valence-electron chi connectivity index (χ1n) is 10.2. The van der Waals surface area contributed by atoms with Crippen molar-refractivity contribution in [2.75, 3.05) is 5.32 Å². The molecule has 3 heterocycles. The van der Waals surface area contributed by atoms with E-state index in [1.165, 1.54) is 18.4 Å². The maximum absolute atomic E-state index is 12.9. The summed E-state index contributed by atoms with van der Waals surface area (Å²) in [6.07, 6.45) is 7.59. The minimum Gasteiger partial charge on any atom is -0.383 e. The van der Waals surface area contributed by atoms with Crippen LogP contribution in [0.4, 0.5) is 11.5 Å². The van der Waals surface area contributed by atoms with Gasteiger partial charge in [-0.3, -0.25) is 9.20 Å². The average Bonchev–Trinajstić information content (AvgIpc) is 3.54. The van der Waals surface area contributed by atoms with Crippen LogP contribution in [0.2, 0.25) is 0 Å². The van der Waals surface area contributed by atoms with E-state index in [0.29, 0.717) is 29.0 Å². The Kier molecular flexibility index (Phi) is 4.71. The van der Waals surface area contributed by atoms with E-state index in [0.717, 1.165) is 16.8 Å². The van der Waals surface area contributed by atoms with Crippen molar-refractivity contribution in [1.82, 2.24) is 14.4 Å². The van der Waals surface area contributed by atoms with Gasteiger partial charge in [-0.1, -0.05) is 18.2 Å². The van der Waals surface area contributed by atoms with Gasteiger partial charge < -0.3 is 11.1 Å². The molecular formula is C24H22N6O. The van der Waals surface area contributed by atoms with Gasteiger partial charge in [0.05, 0.1) is 6.20 Å². The SMILES string of the molecule is Cc1ccc(C(N)=Nc2cc(C3CC3)ccn2)cc1NC(=O)c1cnc2ccccn12. The lowest BCUT2D eigenvalue weighted by Gasteiger charge is -2.11. The Bertz CT molecular complexity index is 1320. The van der Waals surface area contributed by atoms with Crippen LogP contribution in [-0.2, 0) is 0 Å². The molecule has 1 aliphatic carbocycles. The largest absolute Gasteiger partial charge is 0.383 e. The lowest BCUT2D eigenvalue weighted by atomic mass is 10.1. The van der Waals surface area contributed by atoms with Crippen molar-refractivity contribution < 1.29 is 4.79 Å². The Morgan fingerprint density at radius 2 is 2.03 bits per heavy atom. The monoisotopic (exact) mass is 410 g/mol. The summed E-state index contributed by atoms with van der Waals surface area (Å²) in [6, 6.07) is 15.3. The summed E-state index contributed by atoms with van der Waals surface area (Å²) >= 11 is 0. The van der Waals surface area contributed by atoms with E-state index in [4.69, 9.17) is 5.73 Å². The summed E-state index contributed by atoms with van der Waals surface area (Å²) in [7, 11) is 0. The number of amidine groups is 1. The Balaban J connectivity index is 1.41. The molecule has 0 atom stereocenters. The fourth-order valence-corrected chi connectivity index (χ4v) is 3.56. The normalized spacial score (nSPS) is 14.0. The number of fused-ring (bicyclic) bond motifs is 1. The van der Waals surface area contributed by atoms with Crippen LogP contribution in [0.5, 0.6) is 0 Å². The van der Waals surface area contributed by atoms with Crippen molar-refractivity contribution in [3.05, 3.63) is 89.5 Å². The third-order valence-corrected chi connectivity index (χ3v) is 5.48. The number of aliphatic imine (C=N–C) groups is 1. The lowest BCUT2D eigenvalue weighted by Crippen LogP contribution is -2.17. The summed E-state index contributed by atoms with van der Waals surface area (Å²) in [5.41, 5.74) is 11.0. The molecule has 154 valence electrons. The maximum Gasteiger partial charge on any atom is 0.274 e. The van der Waals surface area contributed by atoms with Gasteiger partial charge in [-0.25, -0.2) is 15.0 Å². The molecule has 4 aromatic rings. The van der Waals surface area contributed by atoms with E-state index >= 15 is 0 Å². The molecule has 0 saturated heterocycles. The van der Waals surface area contributed by atoms with Crippen molar-refractivity contribution in [2.24, 2.45) is 10.7 Å². The molecule has 5 rings (SSSR count). The average molecular weight is 410 g/mol. The molecule has 0 radical (unpaired) electrons. The van der Waals surface area contributed by atoms with Crippen LogP contribution in [-0.4, -0.2) is 26.1 Å². The molecular weight excluding hydrogens is 388 g/mol. The highest BCUT2D eigenvalue weighted by Crippen LogP contribution is 2.40. The summed E-state index contributed by atoms with van der Waals surface area (Å²) in [6.45, 7) is 1.93. The Labute approximate surface area is 179 Å². The molecule has 7 nitrogen and oxygen atoms in total. The smallest absolute Gasteiger partial charge is 0.274 e. The second-order valence-corrected chi connectivity index (χ2v) is 7.77. The molecule has 3 N–H and O–H groups in total. The van der Waals surface area contributed by atoms with Gasteiger partial charge in [0, 0.05) is 23.6 Å². The number of nitrogens with one attached hydrogen (secondary N) is 1. The number of anilines is 1. The van der Waals surface area contributed by atoms with E-state index < -0.39 is 0 Å². The molecule has 7 heteroatoms. The second-order valence-electron chi connectivity index (χ2n) is 7.77. The minimum atomic E-state index is -0.242. The van der Waals surface area contributed by atoms with Gasteiger partial charge in [-0.2, -0.15) is 0 Å². The van der Waals surface area contributed by atoms with Gasteiger partial charge in [0.15, 0.2) is 5.82 Å². The molecule has 1 fully saturated rings. The second kappa shape index (κ2) is 7.68. The van der Waals surface area contributed by atoms with Crippen LogP contribution >= 0.6 is 0 Å². The van der Waals surface area contributed by atoms with Gasteiger partial charge in [-0.15, -0.1) is 0 Å². The van der Waals surface area contributed by atoms with E-state index in [2.05, 4.69) is 20.3 Å². The molecule has 1 amide bonds. The Morgan fingerprint density at radius 3 is 2.87 bits per heavy atom. The third kappa shape index (κ3) is 3.90. The number of hydrogen-bond donors (Lipinski definition) is 2. The number of benzene rings is 1. The zero-order valence-corrected chi connectivity index (χ0v) is 17.1. The lowest BCUT2D eigenvalue weighted by molar-refractivity contribution is 0.102. The van der Waals surface area contributed by atoms with Crippen LogP contribution in [0.3, 0.4) is 0 Å². The molecule has 0 aliphatic heterocycles. The first kappa shape index (κ1) is 19.0. The third-order valence-electron chi connectivity index (χ3n) is 5.48. The fourth-order valence-electron chi connectivity index (χ4n) is 3.56. The number of imidazole rings is 1. The number of rotatable bonds is 5. The van der Waals surface area contributed by atoms with Crippen molar-refractivity contribution in [1.29, 1.82) is 0 Å². The summed E-state index contributed by atoms with van der Waals surface area (Å²) in [5, 5.41) is 2.97. The number of aromatic nitrogens is 3. The van der Waals surface area contributed by atoms with E-state index in [9.17, 15) is 4.79 Å². The highest BCUT2D eigenvalue weighted by atomic mass is 16.1. The summed E-state index contributed by atoms with van der Waals surface area (Å²) in [5.74, 6) is 1.33. The molecule has 0 bridgehead atoms. The van der Waals surface area contributed by atoms with Gasteiger partial charge >= 0.3 is 0 Å². The summed E-state index contributed by atoms with van der Waals surface area (Å²) < 4.78 is 1.75. The quantitative estimate of drug-likeness (QED) is 0.380. The number of carbonyl (C=O) groups is 1. The van der Waals surface area contributed by atoms with E-state index in [1.54, 1.807) is 16.8 Å². The molecule has 1 aromatic carbocycles. The predicted molar refractivity (Wildman–Crippen MR) is 121 cm³/mol. The van der Waals surface area contributed by atoms with Crippen LogP contribution in [0.15, 0.2) is 72.1 Å². The van der Waals surface area contributed by atoms with Crippen molar-refractivity contribution in [3.63, 3.8) is 0 Å². The highest BCUT2D eigenvalue weighted by molar-refractivity contribution is 6.05. The van der Waals surface area contributed by atoms with Crippen molar-refractivity contribution in [2.45, 2.75) is 25.7 Å². The number of amides is 1.